The van der Waals surface area contributed by atoms with Crippen LogP contribution in [0.1, 0.15) is 17.3 Å². The van der Waals surface area contributed by atoms with E-state index < -0.39 is 0 Å². The second-order valence-electron chi connectivity index (χ2n) is 5.32. The number of methoxy groups -OCH3 is 1. The fraction of sp³-hybridized carbons (Fsp3) is 0.167. The Bertz CT molecular complexity index is 880. The van der Waals surface area contributed by atoms with Crippen LogP contribution in [0.25, 0.3) is 5.69 Å². The number of hydrogen-bond donors (Lipinski definition) is 0. The third-order valence-corrected chi connectivity index (χ3v) is 5.21. The maximum atomic E-state index is 12.6. The van der Waals surface area contributed by atoms with Crippen LogP contribution in [0.4, 0.5) is 0 Å². The van der Waals surface area contributed by atoms with Gasteiger partial charge >= 0.3 is 0 Å². The van der Waals surface area contributed by atoms with Crippen LogP contribution in [0.2, 0.25) is 0 Å². The predicted octanol–water partition coefficient (Wildman–Crippen LogP) is 4.40. The Balaban J connectivity index is 1.80. The standard InChI is InChI=1S/C18H16BrN3O2S/c1-12(17(23)13-6-8-14(19)9-7-13)25-18-21-20-11-22(18)15-4-3-5-16(10-15)24-2/h3-12H,1-2H3/t12-/m0/s1. The lowest BCUT2D eigenvalue weighted by atomic mass is 10.1. The van der Waals surface area contributed by atoms with Crippen molar-refractivity contribution in [3.63, 3.8) is 0 Å². The normalized spacial score (nSPS) is 12.0. The molecule has 128 valence electrons. The second kappa shape index (κ2) is 7.84. The van der Waals surface area contributed by atoms with Crippen LogP contribution >= 0.6 is 27.7 Å². The van der Waals surface area contributed by atoms with Crippen molar-refractivity contribution in [2.45, 2.75) is 17.3 Å². The highest BCUT2D eigenvalue weighted by Gasteiger charge is 2.20. The molecule has 0 unspecified atom stereocenters. The summed E-state index contributed by atoms with van der Waals surface area (Å²) in [5, 5.41) is 8.51. The summed E-state index contributed by atoms with van der Waals surface area (Å²) in [6.07, 6.45) is 1.63. The van der Waals surface area contributed by atoms with Gasteiger partial charge in [0, 0.05) is 16.1 Å². The Kier molecular flexibility index (Phi) is 5.55. The van der Waals surface area contributed by atoms with Crippen molar-refractivity contribution in [1.82, 2.24) is 14.8 Å². The van der Waals surface area contributed by atoms with Crippen LogP contribution in [0.3, 0.4) is 0 Å². The molecule has 0 aliphatic carbocycles. The maximum absolute atomic E-state index is 12.6. The van der Waals surface area contributed by atoms with Crippen LogP contribution in [0, 0.1) is 0 Å². The second-order valence-corrected chi connectivity index (χ2v) is 7.54. The van der Waals surface area contributed by atoms with Gasteiger partial charge in [-0.3, -0.25) is 9.36 Å². The summed E-state index contributed by atoms with van der Waals surface area (Å²) in [6, 6.07) is 15.0. The minimum absolute atomic E-state index is 0.0534. The molecule has 5 nitrogen and oxygen atoms in total. The molecule has 3 aromatic rings. The summed E-state index contributed by atoms with van der Waals surface area (Å²) in [5.41, 5.74) is 1.56. The van der Waals surface area contributed by atoms with Gasteiger partial charge in [0.2, 0.25) is 0 Å². The van der Waals surface area contributed by atoms with E-state index in [2.05, 4.69) is 26.1 Å². The largest absolute Gasteiger partial charge is 0.497 e. The van der Waals surface area contributed by atoms with E-state index in [1.54, 1.807) is 13.4 Å². The first-order valence-corrected chi connectivity index (χ1v) is 9.26. The SMILES string of the molecule is COc1cccc(-n2cnnc2S[C@@H](C)C(=O)c2ccc(Br)cc2)c1. The van der Waals surface area contributed by atoms with Crippen molar-refractivity contribution in [3.05, 3.63) is 64.9 Å². The third-order valence-electron chi connectivity index (χ3n) is 3.63. The molecule has 0 aliphatic rings. The molecule has 0 bridgehead atoms. The van der Waals surface area contributed by atoms with Crippen LogP contribution in [-0.2, 0) is 0 Å². The van der Waals surface area contributed by atoms with Gasteiger partial charge in [0.25, 0.3) is 0 Å². The Hall–Kier alpha value is -2.12. The lowest BCUT2D eigenvalue weighted by Gasteiger charge is -2.12. The lowest BCUT2D eigenvalue weighted by Crippen LogP contribution is -2.14. The molecular weight excluding hydrogens is 402 g/mol. The first kappa shape index (κ1) is 17.7. The molecule has 2 aromatic carbocycles. The number of carbonyl (C=O) groups excluding carboxylic acids is 1. The number of hydrogen-bond acceptors (Lipinski definition) is 5. The summed E-state index contributed by atoms with van der Waals surface area (Å²) in [5.74, 6) is 0.804. The number of Topliss-reactive ketones (excluding diaryl/α,β-unsaturated/α-hetero) is 1. The van der Waals surface area contributed by atoms with Gasteiger partial charge in [-0.2, -0.15) is 0 Å². The maximum Gasteiger partial charge on any atom is 0.196 e. The number of rotatable bonds is 6. The number of benzene rings is 2. The molecule has 0 radical (unpaired) electrons. The number of ether oxygens (including phenoxy) is 1. The van der Waals surface area contributed by atoms with Gasteiger partial charge in [-0.25, -0.2) is 0 Å². The summed E-state index contributed by atoms with van der Waals surface area (Å²) < 4.78 is 8.05. The highest BCUT2D eigenvalue weighted by Crippen LogP contribution is 2.27. The molecule has 0 aliphatic heterocycles. The summed E-state index contributed by atoms with van der Waals surface area (Å²) >= 11 is 4.76. The highest BCUT2D eigenvalue weighted by atomic mass is 79.9. The number of ketones is 1. The topological polar surface area (TPSA) is 57.0 Å². The molecule has 1 heterocycles. The van der Waals surface area contributed by atoms with E-state index in [4.69, 9.17) is 4.74 Å². The van der Waals surface area contributed by atoms with Gasteiger partial charge < -0.3 is 4.74 Å². The lowest BCUT2D eigenvalue weighted by molar-refractivity contribution is 0.0994. The first-order valence-electron chi connectivity index (χ1n) is 7.59. The Morgan fingerprint density at radius 2 is 2.00 bits per heavy atom. The molecule has 3 rings (SSSR count). The van der Waals surface area contributed by atoms with E-state index >= 15 is 0 Å². The Labute approximate surface area is 158 Å². The minimum Gasteiger partial charge on any atom is -0.497 e. The van der Waals surface area contributed by atoms with Crippen LogP contribution in [0.15, 0.2) is 64.5 Å². The van der Waals surface area contributed by atoms with Crippen LogP contribution < -0.4 is 4.74 Å². The van der Waals surface area contributed by atoms with Crippen molar-refractivity contribution in [1.29, 1.82) is 0 Å². The van der Waals surface area contributed by atoms with Crippen molar-refractivity contribution >= 4 is 33.5 Å². The molecule has 0 fully saturated rings. The zero-order valence-corrected chi connectivity index (χ0v) is 16.1. The molecule has 0 saturated heterocycles. The van der Waals surface area contributed by atoms with Gasteiger partial charge in [-0.05, 0) is 31.2 Å². The highest BCUT2D eigenvalue weighted by molar-refractivity contribution is 9.10. The van der Waals surface area contributed by atoms with Crippen molar-refractivity contribution < 1.29 is 9.53 Å². The van der Waals surface area contributed by atoms with Crippen molar-refractivity contribution in [2.75, 3.05) is 7.11 Å². The molecule has 0 N–H and O–H groups in total. The quantitative estimate of drug-likeness (QED) is 0.439. The van der Waals surface area contributed by atoms with E-state index in [0.29, 0.717) is 10.7 Å². The molecule has 1 atom stereocenters. The van der Waals surface area contributed by atoms with E-state index in [9.17, 15) is 4.79 Å². The smallest absolute Gasteiger partial charge is 0.196 e. The fourth-order valence-corrected chi connectivity index (χ4v) is 3.49. The van der Waals surface area contributed by atoms with Gasteiger partial charge in [0.15, 0.2) is 10.9 Å². The fourth-order valence-electron chi connectivity index (χ4n) is 2.30. The monoisotopic (exact) mass is 417 g/mol. The Morgan fingerprint density at radius 1 is 1.24 bits per heavy atom. The van der Waals surface area contributed by atoms with Crippen molar-refractivity contribution in [3.8, 4) is 11.4 Å². The zero-order chi connectivity index (χ0) is 17.8. The molecule has 7 heteroatoms. The zero-order valence-electron chi connectivity index (χ0n) is 13.7. The van der Waals surface area contributed by atoms with Crippen molar-refractivity contribution in [2.24, 2.45) is 0 Å². The molecule has 0 saturated carbocycles. The number of carbonyl (C=O) groups is 1. The summed E-state index contributed by atoms with van der Waals surface area (Å²) in [4.78, 5) is 12.6. The van der Waals surface area contributed by atoms with Gasteiger partial charge in [-0.1, -0.05) is 45.9 Å². The number of nitrogens with zero attached hydrogens (tertiary/aromatic N) is 3. The molecule has 25 heavy (non-hydrogen) atoms. The molecule has 0 spiro atoms. The predicted molar refractivity (Wildman–Crippen MR) is 102 cm³/mol. The Morgan fingerprint density at radius 3 is 2.72 bits per heavy atom. The number of aromatic nitrogens is 3. The summed E-state index contributed by atoms with van der Waals surface area (Å²) in [6.45, 7) is 1.87. The van der Waals surface area contributed by atoms with Gasteiger partial charge in [0.05, 0.1) is 18.0 Å². The van der Waals surface area contributed by atoms with Crippen LogP contribution in [0.5, 0.6) is 5.75 Å². The van der Waals surface area contributed by atoms with E-state index in [1.807, 2.05) is 60.0 Å². The molecular formula is C18H16BrN3O2S. The summed E-state index contributed by atoms with van der Waals surface area (Å²) in [7, 11) is 1.62. The molecule has 0 amide bonds. The molecule has 1 aromatic heterocycles. The van der Waals surface area contributed by atoms with E-state index in [-0.39, 0.29) is 11.0 Å². The van der Waals surface area contributed by atoms with E-state index in [0.717, 1.165) is 15.9 Å². The average molecular weight is 418 g/mol. The van der Waals surface area contributed by atoms with E-state index in [1.165, 1.54) is 11.8 Å². The minimum atomic E-state index is -0.283. The third kappa shape index (κ3) is 4.11. The number of thioether (sulfide) groups is 1. The average Bonchev–Trinajstić information content (AvgIpc) is 3.10. The van der Waals surface area contributed by atoms with Crippen LogP contribution in [-0.4, -0.2) is 32.9 Å². The van der Waals surface area contributed by atoms with Gasteiger partial charge in [-0.15, -0.1) is 10.2 Å². The first-order chi connectivity index (χ1) is 12.1. The van der Waals surface area contributed by atoms with Gasteiger partial charge in [0.1, 0.15) is 12.1 Å². The number of halogens is 1.